The Morgan fingerprint density at radius 1 is 0.969 bits per heavy atom. The lowest BCUT2D eigenvalue weighted by molar-refractivity contribution is -0.116. The molecule has 160 valence electrons. The number of aliphatic hydroxyl groups is 1. The van der Waals surface area contributed by atoms with Crippen LogP contribution in [0.5, 0.6) is 5.75 Å². The molecule has 3 aromatic rings. The van der Waals surface area contributed by atoms with Crippen LogP contribution in [0.2, 0.25) is 0 Å². The third-order valence-corrected chi connectivity index (χ3v) is 5.60. The first-order valence-electron chi connectivity index (χ1n) is 10.1. The highest BCUT2D eigenvalue weighted by Gasteiger charge is 2.42. The van der Waals surface area contributed by atoms with Gasteiger partial charge in [0.1, 0.15) is 23.0 Å². The maximum atomic E-state index is 14.8. The van der Waals surface area contributed by atoms with Gasteiger partial charge in [-0.3, -0.25) is 4.79 Å². The molecule has 3 N–H and O–H groups in total. The summed E-state index contributed by atoms with van der Waals surface area (Å²) in [6.07, 6.45) is 0. The van der Waals surface area contributed by atoms with Gasteiger partial charge < -0.3 is 15.2 Å². The van der Waals surface area contributed by atoms with E-state index in [-0.39, 0.29) is 11.5 Å². The molecule has 2 aliphatic rings. The maximum Gasteiger partial charge on any atom is 0.262 e. The monoisotopic (exact) mass is 429 g/mol. The molecule has 0 fully saturated rings. The molecule has 0 aliphatic carbocycles. The van der Waals surface area contributed by atoms with Crippen LogP contribution in [0.15, 0.2) is 90.6 Å². The van der Waals surface area contributed by atoms with Gasteiger partial charge in [0.2, 0.25) is 5.88 Å². The number of carbonyl (C=O) groups is 1. The summed E-state index contributed by atoms with van der Waals surface area (Å²) in [6.45, 7) is 0. The van der Waals surface area contributed by atoms with Crippen molar-refractivity contribution < 1.29 is 19.0 Å². The van der Waals surface area contributed by atoms with Crippen LogP contribution < -0.4 is 15.5 Å². The van der Waals surface area contributed by atoms with Gasteiger partial charge in [-0.15, -0.1) is 0 Å². The number of hydrazine groups is 1. The van der Waals surface area contributed by atoms with E-state index in [1.54, 1.807) is 49.6 Å². The van der Waals surface area contributed by atoms with Crippen molar-refractivity contribution in [2.75, 3.05) is 7.11 Å². The van der Waals surface area contributed by atoms with Crippen LogP contribution in [0.25, 0.3) is 11.1 Å². The van der Waals surface area contributed by atoms with Crippen molar-refractivity contribution >= 4 is 17.1 Å². The molecule has 0 spiro atoms. The molecular formula is C25H20FN3O3. The Morgan fingerprint density at radius 2 is 1.66 bits per heavy atom. The number of methoxy groups -OCH3 is 1. The fraction of sp³-hybridized carbons (Fsp3) is 0.0800. The number of nitrogens with zero attached hydrogens (tertiary/aromatic N) is 1. The average molecular weight is 429 g/mol. The number of fused-ring (bicyclic) bond motifs is 1. The number of nitrogens with one attached hydrogen (secondary N) is 2. The van der Waals surface area contributed by atoms with E-state index in [4.69, 9.17) is 4.74 Å². The predicted molar refractivity (Wildman–Crippen MR) is 118 cm³/mol. The highest BCUT2D eigenvalue weighted by Crippen LogP contribution is 2.42. The summed E-state index contributed by atoms with van der Waals surface area (Å²) in [6, 6.07) is 22.2. The van der Waals surface area contributed by atoms with E-state index in [9.17, 15) is 14.3 Å². The fourth-order valence-electron chi connectivity index (χ4n) is 4.06. The zero-order valence-corrected chi connectivity index (χ0v) is 17.2. The lowest BCUT2D eigenvalue weighted by Crippen LogP contribution is -2.44. The Bertz CT molecular complexity index is 1250. The Balaban J connectivity index is 1.67. The van der Waals surface area contributed by atoms with Gasteiger partial charge in [-0.2, -0.15) is 0 Å². The van der Waals surface area contributed by atoms with Crippen LogP contribution >= 0.6 is 0 Å². The van der Waals surface area contributed by atoms with Crippen molar-refractivity contribution in [2.45, 2.75) is 6.04 Å². The molecule has 6 nitrogen and oxygen atoms in total. The van der Waals surface area contributed by atoms with Gasteiger partial charge in [0.05, 0.1) is 13.2 Å². The normalized spacial score (nSPS) is 18.0. The number of ether oxygens (including phenoxy) is 1. The standard InChI is InChI=1S/C25H20FN3O3/c1-32-17-13-11-15(12-14-17)20-24(30)27-23-21(18-9-5-6-10-19(18)26)22(28-29(23)25(20)31)16-7-3-2-4-8-16/h2-14,22,28,31H,1H3,(H,27,30). The first-order valence-corrected chi connectivity index (χ1v) is 10.1. The van der Waals surface area contributed by atoms with E-state index < -0.39 is 17.8 Å². The van der Waals surface area contributed by atoms with Crippen molar-refractivity contribution in [1.29, 1.82) is 0 Å². The van der Waals surface area contributed by atoms with Crippen LogP contribution in [0.4, 0.5) is 4.39 Å². The van der Waals surface area contributed by atoms with E-state index in [0.29, 0.717) is 28.3 Å². The first-order chi connectivity index (χ1) is 15.6. The second kappa shape index (κ2) is 7.86. The van der Waals surface area contributed by atoms with Gasteiger partial charge in [-0.05, 0) is 29.3 Å². The second-order valence-corrected chi connectivity index (χ2v) is 7.43. The van der Waals surface area contributed by atoms with Gasteiger partial charge >= 0.3 is 0 Å². The summed E-state index contributed by atoms with van der Waals surface area (Å²) in [4.78, 5) is 13.1. The summed E-state index contributed by atoms with van der Waals surface area (Å²) in [5.74, 6) is -0.234. The average Bonchev–Trinajstić information content (AvgIpc) is 3.20. The maximum absolute atomic E-state index is 14.8. The second-order valence-electron chi connectivity index (χ2n) is 7.43. The third-order valence-electron chi connectivity index (χ3n) is 5.60. The SMILES string of the molecule is COc1ccc(C2=C(O)N3NC(c4ccccc4)C(c4ccccc4F)=C3NC2=O)cc1. The number of benzene rings is 3. The molecule has 32 heavy (non-hydrogen) atoms. The molecule has 0 saturated carbocycles. The smallest absolute Gasteiger partial charge is 0.262 e. The molecule has 7 heteroatoms. The zero-order valence-electron chi connectivity index (χ0n) is 17.2. The van der Waals surface area contributed by atoms with Gasteiger partial charge in [-0.25, -0.2) is 14.8 Å². The number of amides is 1. The Morgan fingerprint density at radius 3 is 2.34 bits per heavy atom. The van der Waals surface area contributed by atoms with Crippen LogP contribution in [0.3, 0.4) is 0 Å². The quantitative estimate of drug-likeness (QED) is 0.582. The van der Waals surface area contributed by atoms with Crippen molar-refractivity contribution in [2.24, 2.45) is 0 Å². The Hall–Kier alpha value is -4.10. The summed E-state index contributed by atoms with van der Waals surface area (Å²) in [7, 11) is 1.55. The molecule has 0 aromatic heterocycles. The predicted octanol–water partition coefficient (Wildman–Crippen LogP) is 4.12. The van der Waals surface area contributed by atoms with Crippen molar-refractivity contribution in [3.8, 4) is 5.75 Å². The molecule has 1 amide bonds. The zero-order chi connectivity index (χ0) is 22.2. The molecule has 0 bridgehead atoms. The summed E-state index contributed by atoms with van der Waals surface area (Å²) >= 11 is 0. The van der Waals surface area contributed by atoms with Crippen molar-refractivity contribution in [3.05, 3.63) is 113 Å². The highest BCUT2D eigenvalue weighted by molar-refractivity contribution is 6.21. The van der Waals surface area contributed by atoms with E-state index in [0.717, 1.165) is 5.56 Å². The minimum atomic E-state index is -0.485. The van der Waals surface area contributed by atoms with E-state index in [2.05, 4.69) is 10.7 Å². The first kappa shape index (κ1) is 19.8. The minimum Gasteiger partial charge on any atom is -0.497 e. The topological polar surface area (TPSA) is 73.8 Å². The number of hydrogen-bond donors (Lipinski definition) is 3. The lowest BCUT2D eigenvalue weighted by atomic mass is 9.93. The minimum absolute atomic E-state index is 0.102. The summed E-state index contributed by atoms with van der Waals surface area (Å²) in [5, 5.41) is 15.4. The fourth-order valence-corrected chi connectivity index (χ4v) is 4.06. The largest absolute Gasteiger partial charge is 0.497 e. The number of carbonyl (C=O) groups excluding carboxylic acids is 1. The van der Waals surface area contributed by atoms with Crippen molar-refractivity contribution in [1.82, 2.24) is 15.8 Å². The molecule has 1 atom stereocenters. The van der Waals surface area contributed by atoms with Gasteiger partial charge in [0.15, 0.2) is 0 Å². The molecule has 0 saturated heterocycles. The molecule has 1 unspecified atom stereocenters. The van der Waals surface area contributed by atoms with Crippen LogP contribution in [0.1, 0.15) is 22.7 Å². The molecule has 0 radical (unpaired) electrons. The van der Waals surface area contributed by atoms with Gasteiger partial charge in [0, 0.05) is 11.1 Å². The summed E-state index contributed by atoms with van der Waals surface area (Å²) in [5.41, 5.74) is 5.58. The van der Waals surface area contributed by atoms with Crippen LogP contribution in [-0.4, -0.2) is 23.1 Å². The molecular weight excluding hydrogens is 409 g/mol. The Labute approximate surface area is 184 Å². The third kappa shape index (κ3) is 3.19. The lowest BCUT2D eigenvalue weighted by Gasteiger charge is -2.29. The van der Waals surface area contributed by atoms with Gasteiger partial charge in [0.25, 0.3) is 5.91 Å². The number of aliphatic hydroxyl groups excluding tert-OH is 1. The number of hydrogen-bond acceptors (Lipinski definition) is 5. The van der Waals surface area contributed by atoms with E-state index >= 15 is 0 Å². The summed E-state index contributed by atoms with van der Waals surface area (Å²) < 4.78 is 20.0. The molecule has 2 heterocycles. The van der Waals surface area contributed by atoms with Gasteiger partial charge in [-0.1, -0.05) is 60.7 Å². The Kier molecular flexibility index (Phi) is 4.88. The van der Waals surface area contributed by atoms with E-state index in [1.807, 2.05) is 30.3 Å². The number of halogens is 1. The van der Waals surface area contributed by atoms with Crippen LogP contribution in [-0.2, 0) is 4.79 Å². The van der Waals surface area contributed by atoms with Crippen LogP contribution in [0, 0.1) is 5.82 Å². The van der Waals surface area contributed by atoms with Crippen molar-refractivity contribution in [3.63, 3.8) is 0 Å². The van der Waals surface area contributed by atoms with E-state index in [1.165, 1.54) is 11.1 Å². The highest BCUT2D eigenvalue weighted by atomic mass is 19.1. The molecule has 5 rings (SSSR count). The molecule has 3 aromatic carbocycles. The molecule has 2 aliphatic heterocycles. The number of rotatable bonds is 4.